The lowest BCUT2D eigenvalue weighted by molar-refractivity contribution is -0.356. The Morgan fingerprint density at radius 3 is 1.83 bits per heavy atom. The van der Waals surface area contributed by atoms with Gasteiger partial charge in [0.15, 0.2) is 12.6 Å². The average molecular weight is 356 g/mol. The van der Waals surface area contributed by atoms with Gasteiger partial charge < -0.3 is 54.7 Å². The number of methoxy groups -OCH3 is 1. The third kappa shape index (κ3) is 3.71. The van der Waals surface area contributed by atoms with Gasteiger partial charge in [-0.15, -0.1) is 0 Å². The Kier molecular flexibility index (Phi) is 6.87. The van der Waals surface area contributed by atoms with E-state index in [0.29, 0.717) is 0 Å². The Morgan fingerprint density at radius 1 is 0.750 bits per heavy atom. The van der Waals surface area contributed by atoms with Crippen molar-refractivity contribution in [2.75, 3.05) is 20.3 Å². The van der Waals surface area contributed by atoms with Crippen LogP contribution in [0, 0.1) is 0 Å². The second kappa shape index (κ2) is 8.29. The lowest BCUT2D eigenvalue weighted by Gasteiger charge is -2.45. The van der Waals surface area contributed by atoms with Crippen LogP contribution < -0.4 is 0 Å². The fraction of sp³-hybridized carbons (Fsp3) is 1.00. The predicted molar refractivity (Wildman–Crippen MR) is 73.4 cm³/mol. The van der Waals surface area contributed by atoms with E-state index in [2.05, 4.69) is 0 Å². The molecule has 2 aliphatic rings. The van der Waals surface area contributed by atoms with E-state index >= 15 is 0 Å². The largest absolute Gasteiger partial charge is 0.394 e. The highest BCUT2D eigenvalue weighted by molar-refractivity contribution is 4.94. The lowest BCUT2D eigenvalue weighted by atomic mass is 9.97. The molecule has 0 aromatic carbocycles. The smallest absolute Gasteiger partial charge is 0.187 e. The molecule has 2 rings (SSSR count). The van der Waals surface area contributed by atoms with E-state index < -0.39 is 74.6 Å². The molecule has 0 aromatic heterocycles. The van der Waals surface area contributed by atoms with Crippen molar-refractivity contribution in [1.82, 2.24) is 0 Å². The van der Waals surface area contributed by atoms with E-state index in [1.807, 2.05) is 0 Å². The van der Waals surface area contributed by atoms with Crippen molar-refractivity contribution in [3.8, 4) is 0 Å². The maximum absolute atomic E-state index is 10.1. The maximum atomic E-state index is 10.1. The van der Waals surface area contributed by atoms with Gasteiger partial charge in [0.05, 0.1) is 13.2 Å². The first-order valence-electron chi connectivity index (χ1n) is 7.46. The highest BCUT2D eigenvalue weighted by atomic mass is 16.7. The van der Waals surface area contributed by atoms with Crippen LogP contribution in [-0.2, 0) is 18.9 Å². The minimum atomic E-state index is -1.72. The quantitative estimate of drug-likeness (QED) is 0.251. The van der Waals surface area contributed by atoms with E-state index in [1.54, 1.807) is 0 Å². The number of aliphatic hydroxyl groups is 7. The summed E-state index contributed by atoms with van der Waals surface area (Å²) >= 11 is 0. The monoisotopic (exact) mass is 356 g/mol. The van der Waals surface area contributed by atoms with Crippen molar-refractivity contribution in [3.63, 3.8) is 0 Å². The number of rotatable bonds is 5. The lowest BCUT2D eigenvalue weighted by Crippen LogP contribution is -2.64. The molecule has 2 saturated heterocycles. The molecule has 11 nitrogen and oxygen atoms in total. The van der Waals surface area contributed by atoms with Crippen molar-refractivity contribution in [1.29, 1.82) is 0 Å². The highest BCUT2D eigenvalue weighted by Gasteiger charge is 2.50. The molecule has 2 heterocycles. The van der Waals surface area contributed by atoms with Crippen molar-refractivity contribution < 1.29 is 54.7 Å². The van der Waals surface area contributed by atoms with Gasteiger partial charge in [0.1, 0.15) is 48.8 Å². The number of ether oxygens (including phenoxy) is 4. The normalized spacial score (nSPS) is 50.0. The summed E-state index contributed by atoms with van der Waals surface area (Å²) < 4.78 is 20.6. The molecular weight excluding hydrogens is 332 g/mol. The molecule has 0 bridgehead atoms. The van der Waals surface area contributed by atoms with Gasteiger partial charge >= 0.3 is 0 Å². The van der Waals surface area contributed by atoms with E-state index in [1.165, 1.54) is 7.11 Å². The molecule has 0 aliphatic carbocycles. The first-order valence-corrected chi connectivity index (χ1v) is 7.46. The summed E-state index contributed by atoms with van der Waals surface area (Å²) in [5, 5.41) is 67.8. The van der Waals surface area contributed by atoms with Crippen molar-refractivity contribution in [3.05, 3.63) is 0 Å². The molecule has 0 amide bonds. The molecule has 0 radical (unpaired) electrons. The Hall–Kier alpha value is -0.440. The third-order valence-electron chi connectivity index (χ3n) is 4.22. The summed E-state index contributed by atoms with van der Waals surface area (Å²) in [7, 11) is 1.27. The Labute approximate surface area is 137 Å². The minimum Gasteiger partial charge on any atom is -0.394 e. The zero-order chi connectivity index (χ0) is 18.0. The van der Waals surface area contributed by atoms with Crippen molar-refractivity contribution >= 4 is 0 Å². The molecule has 0 spiro atoms. The SMILES string of the molecule is CO[C@@H]1C(CO)O[C@H](O[C@@H]2C(CO)O[C@H](O)C(O)[C@@H]2O)C(O)[C@@H]1O. The maximum Gasteiger partial charge on any atom is 0.187 e. The summed E-state index contributed by atoms with van der Waals surface area (Å²) in [6.45, 7) is -1.18. The molecule has 4 unspecified atom stereocenters. The second-order valence-corrected chi connectivity index (χ2v) is 5.74. The molecular formula is C13H24O11. The van der Waals surface area contributed by atoms with Gasteiger partial charge in [-0.1, -0.05) is 0 Å². The van der Waals surface area contributed by atoms with Crippen LogP contribution in [-0.4, -0.2) is 117 Å². The van der Waals surface area contributed by atoms with Gasteiger partial charge in [-0.2, -0.15) is 0 Å². The van der Waals surface area contributed by atoms with Gasteiger partial charge in [-0.25, -0.2) is 0 Å². The first kappa shape index (κ1) is 19.9. The molecule has 11 heteroatoms. The fourth-order valence-corrected chi connectivity index (χ4v) is 2.85. The van der Waals surface area contributed by atoms with Gasteiger partial charge in [0.25, 0.3) is 0 Å². The molecule has 2 aliphatic heterocycles. The Morgan fingerprint density at radius 2 is 1.29 bits per heavy atom. The molecule has 142 valence electrons. The molecule has 0 aromatic rings. The standard InChI is InChI=1S/C13H24O11/c1-21-10-4(2-14)23-13(9(19)7(10)17)24-11-5(3-15)22-12(20)8(18)6(11)16/h4-20H,2-3H2,1H3/t4?,5?,6-,7-,8?,9?,10+,11+,12-,13+/m0/s1. The van der Waals surface area contributed by atoms with Crippen LogP contribution in [0.1, 0.15) is 0 Å². The molecule has 2 fully saturated rings. The van der Waals surface area contributed by atoms with Gasteiger partial charge in [-0.05, 0) is 0 Å². The third-order valence-corrected chi connectivity index (χ3v) is 4.22. The number of aliphatic hydroxyl groups excluding tert-OH is 7. The second-order valence-electron chi connectivity index (χ2n) is 5.74. The Bertz CT molecular complexity index is 392. The van der Waals surface area contributed by atoms with Crippen LogP contribution in [0.5, 0.6) is 0 Å². The van der Waals surface area contributed by atoms with E-state index in [-0.39, 0.29) is 0 Å². The predicted octanol–water partition coefficient (Wildman–Crippen LogP) is -4.74. The zero-order valence-corrected chi connectivity index (χ0v) is 13.0. The minimum absolute atomic E-state index is 0.531. The van der Waals surface area contributed by atoms with Crippen LogP contribution in [0.3, 0.4) is 0 Å². The molecule has 7 N–H and O–H groups in total. The van der Waals surface area contributed by atoms with E-state index in [4.69, 9.17) is 18.9 Å². The fourth-order valence-electron chi connectivity index (χ4n) is 2.85. The van der Waals surface area contributed by atoms with Crippen LogP contribution >= 0.6 is 0 Å². The topological polar surface area (TPSA) is 179 Å². The molecule has 0 saturated carbocycles. The molecule has 24 heavy (non-hydrogen) atoms. The van der Waals surface area contributed by atoms with Gasteiger partial charge in [-0.3, -0.25) is 0 Å². The Balaban J connectivity index is 2.12. The van der Waals surface area contributed by atoms with E-state index in [0.717, 1.165) is 0 Å². The van der Waals surface area contributed by atoms with Crippen LogP contribution in [0.25, 0.3) is 0 Å². The molecule has 10 atom stereocenters. The highest BCUT2D eigenvalue weighted by Crippen LogP contribution is 2.29. The summed E-state index contributed by atoms with van der Waals surface area (Å²) in [5.74, 6) is 0. The van der Waals surface area contributed by atoms with Crippen molar-refractivity contribution in [2.24, 2.45) is 0 Å². The van der Waals surface area contributed by atoms with Gasteiger partial charge in [0.2, 0.25) is 0 Å². The summed E-state index contributed by atoms with van der Waals surface area (Å²) in [5.41, 5.74) is 0. The summed E-state index contributed by atoms with van der Waals surface area (Å²) in [6, 6.07) is 0. The first-order chi connectivity index (χ1) is 11.3. The summed E-state index contributed by atoms with van der Waals surface area (Å²) in [6.07, 6.45) is -14.2. The van der Waals surface area contributed by atoms with Gasteiger partial charge in [0, 0.05) is 7.11 Å². The van der Waals surface area contributed by atoms with Crippen LogP contribution in [0.2, 0.25) is 0 Å². The van der Waals surface area contributed by atoms with E-state index in [9.17, 15) is 35.7 Å². The van der Waals surface area contributed by atoms with Crippen molar-refractivity contribution in [2.45, 2.75) is 61.4 Å². The number of hydrogen-bond donors (Lipinski definition) is 7. The zero-order valence-electron chi connectivity index (χ0n) is 13.0. The van der Waals surface area contributed by atoms with Crippen LogP contribution in [0.4, 0.5) is 0 Å². The average Bonchev–Trinajstić information content (AvgIpc) is 2.58. The summed E-state index contributed by atoms with van der Waals surface area (Å²) in [4.78, 5) is 0. The number of hydrogen-bond acceptors (Lipinski definition) is 11. The van der Waals surface area contributed by atoms with Crippen LogP contribution in [0.15, 0.2) is 0 Å².